The van der Waals surface area contributed by atoms with E-state index in [1.807, 2.05) is 4.90 Å². The van der Waals surface area contributed by atoms with E-state index in [0.717, 1.165) is 18.5 Å². The van der Waals surface area contributed by atoms with Crippen LogP contribution in [-0.2, 0) is 32.5 Å². The van der Waals surface area contributed by atoms with Gasteiger partial charge in [0.15, 0.2) is 0 Å². The average molecular weight is 419 g/mol. The summed E-state index contributed by atoms with van der Waals surface area (Å²) < 4.78 is 31.9. The molecule has 8 heteroatoms. The molecule has 0 unspecified atom stereocenters. The molecule has 2 aliphatic heterocycles. The molecule has 1 aromatic carbocycles. The van der Waals surface area contributed by atoms with Crippen molar-refractivity contribution >= 4 is 33.3 Å². The van der Waals surface area contributed by atoms with Crippen LogP contribution in [0, 0.1) is 0 Å². The van der Waals surface area contributed by atoms with Gasteiger partial charge in [-0.2, -0.15) is 4.31 Å². The predicted octanol–water partition coefficient (Wildman–Crippen LogP) is 2.37. The second kappa shape index (κ2) is 8.16. The van der Waals surface area contributed by atoms with Gasteiger partial charge in [-0.1, -0.05) is 12.1 Å². The molecule has 0 aliphatic carbocycles. The molecule has 2 aromatic rings. The molecule has 1 amide bonds. The molecule has 4 rings (SSSR count). The topological polar surface area (TPSA) is 66.9 Å². The van der Waals surface area contributed by atoms with E-state index in [0.29, 0.717) is 32.8 Å². The number of benzene rings is 1. The summed E-state index contributed by atoms with van der Waals surface area (Å²) in [5.74, 6) is -0.0261. The van der Waals surface area contributed by atoms with Gasteiger partial charge < -0.3 is 9.64 Å². The Morgan fingerprint density at radius 3 is 2.57 bits per heavy atom. The maximum absolute atomic E-state index is 12.6. The Kier molecular flexibility index (Phi) is 5.63. The smallest absolute Gasteiger partial charge is 0.246 e. The second-order valence-electron chi connectivity index (χ2n) is 6.80. The highest BCUT2D eigenvalue weighted by Gasteiger charge is 2.26. The number of sulfonamides is 1. The highest BCUT2D eigenvalue weighted by Crippen LogP contribution is 2.24. The number of fused-ring (bicyclic) bond motifs is 1. The molecule has 0 radical (unpaired) electrons. The first kappa shape index (κ1) is 19.3. The van der Waals surface area contributed by atoms with Gasteiger partial charge in [0.05, 0.1) is 18.1 Å². The van der Waals surface area contributed by atoms with E-state index in [9.17, 15) is 13.2 Å². The molecule has 1 saturated heterocycles. The van der Waals surface area contributed by atoms with E-state index < -0.39 is 10.0 Å². The van der Waals surface area contributed by atoms with Gasteiger partial charge in [-0.05, 0) is 47.2 Å². The molecule has 6 nitrogen and oxygen atoms in total. The van der Waals surface area contributed by atoms with Gasteiger partial charge in [-0.15, -0.1) is 11.3 Å². The van der Waals surface area contributed by atoms with Crippen LogP contribution in [0.15, 0.2) is 46.7 Å². The average Bonchev–Trinajstić information content (AvgIpc) is 3.21. The van der Waals surface area contributed by atoms with Crippen molar-refractivity contribution < 1.29 is 17.9 Å². The van der Waals surface area contributed by atoms with Crippen LogP contribution in [0.5, 0.6) is 0 Å². The number of rotatable bonds is 4. The molecule has 148 valence electrons. The number of thiophene rings is 1. The fraction of sp³-hybridized carbons (Fsp3) is 0.350. The monoisotopic (exact) mass is 418 g/mol. The highest BCUT2D eigenvalue weighted by molar-refractivity contribution is 7.89. The number of hydrogen-bond acceptors (Lipinski definition) is 5. The Morgan fingerprint density at radius 2 is 1.82 bits per heavy atom. The second-order valence-corrected chi connectivity index (χ2v) is 9.74. The van der Waals surface area contributed by atoms with Gasteiger partial charge >= 0.3 is 0 Å². The molecule has 0 spiro atoms. The zero-order chi connectivity index (χ0) is 19.6. The summed E-state index contributed by atoms with van der Waals surface area (Å²) in [5.41, 5.74) is 2.03. The lowest BCUT2D eigenvalue weighted by molar-refractivity contribution is -0.126. The molecule has 1 aromatic heterocycles. The quantitative estimate of drug-likeness (QED) is 0.715. The van der Waals surface area contributed by atoms with Crippen molar-refractivity contribution in [3.05, 3.63) is 57.8 Å². The van der Waals surface area contributed by atoms with Gasteiger partial charge in [-0.25, -0.2) is 8.42 Å². The van der Waals surface area contributed by atoms with Crippen molar-refractivity contribution in [3.8, 4) is 0 Å². The minimum atomic E-state index is -3.50. The summed E-state index contributed by atoms with van der Waals surface area (Å²) in [6.07, 6.45) is 4.19. The van der Waals surface area contributed by atoms with Crippen LogP contribution < -0.4 is 0 Å². The molecule has 2 aliphatic rings. The van der Waals surface area contributed by atoms with Crippen molar-refractivity contribution in [1.29, 1.82) is 0 Å². The Balaban J connectivity index is 1.41. The third-order valence-electron chi connectivity index (χ3n) is 5.03. The summed E-state index contributed by atoms with van der Waals surface area (Å²) in [7, 11) is -3.50. The van der Waals surface area contributed by atoms with Crippen molar-refractivity contribution in [2.45, 2.75) is 17.9 Å². The van der Waals surface area contributed by atoms with Crippen LogP contribution >= 0.6 is 11.3 Å². The number of ether oxygens (including phenoxy) is 1. The van der Waals surface area contributed by atoms with Crippen LogP contribution in [0.2, 0.25) is 0 Å². The Morgan fingerprint density at radius 1 is 1.07 bits per heavy atom. The molecular weight excluding hydrogens is 396 g/mol. The molecule has 0 saturated carbocycles. The van der Waals surface area contributed by atoms with Crippen molar-refractivity contribution in [3.63, 3.8) is 0 Å². The summed E-state index contributed by atoms with van der Waals surface area (Å²) in [6.45, 7) is 2.98. The standard InChI is InChI=1S/C20H22N2O4S2/c23-20(21-9-7-19-17(15-21)8-14-27-19)6-3-16-1-4-18(5-2-16)28(24,25)22-10-12-26-13-11-22/h1-6,8,14H,7,9-13,15H2/b6-3+. The third kappa shape index (κ3) is 4.05. The van der Waals surface area contributed by atoms with E-state index in [-0.39, 0.29) is 10.8 Å². The first-order chi connectivity index (χ1) is 13.5. The number of amides is 1. The van der Waals surface area contributed by atoms with E-state index in [2.05, 4.69) is 11.4 Å². The van der Waals surface area contributed by atoms with E-state index in [1.165, 1.54) is 14.7 Å². The number of carbonyl (C=O) groups is 1. The van der Waals surface area contributed by atoms with Crippen LogP contribution in [0.1, 0.15) is 16.0 Å². The summed E-state index contributed by atoms with van der Waals surface area (Å²) in [5, 5.41) is 2.07. The Labute approximate surface area is 169 Å². The zero-order valence-corrected chi connectivity index (χ0v) is 17.0. The lowest BCUT2D eigenvalue weighted by Gasteiger charge is -2.26. The van der Waals surface area contributed by atoms with Gasteiger partial charge in [0, 0.05) is 37.1 Å². The number of hydrogen-bond donors (Lipinski definition) is 0. The number of carbonyl (C=O) groups excluding carboxylic acids is 1. The largest absolute Gasteiger partial charge is 0.379 e. The SMILES string of the molecule is O=C(/C=C/c1ccc(S(=O)(=O)N2CCOCC2)cc1)N1CCc2sccc2C1. The van der Waals surface area contributed by atoms with Crippen LogP contribution in [0.25, 0.3) is 6.08 Å². The maximum atomic E-state index is 12.6. The van der Waals surface area contributed by atoms with Crippen LogP contribution in [0.4, 0.5) is 0 Å². The van der Waals surface area contributed by atoms with Crippen molar-refractivity contribution in [2.24, 2.45) is 0 Å². The summed E-state index contributed by atoms with van der Waals surface area (Å²) in [4.78, 5) is 15.9. The molecule has 3 heterocycles. The Bertz CT molecular complexity index is 974. The van der Waals surface area contributed by atoms with Crippen molar-refractivity contribution in [2.75, 3.05) is 32.8 Å². The fourth-order valence-corrected chi connectivity index (χ4v) is 5.69. The summed E-state index contributed by atoms with van der Waals surface area (Å²) in [6, 6.07) is 8.71. The molecule has 0 atom stereocenters. The lowest BCUT2D eigenvalue weighted by atomic mass is 10.1. The van der Waals surface area contributed by atoms with Crippen molar-refractivity contribution in [1.82, 2.24) is 9.21 Å². The first-order valence-electron chi connectivity index (χ1n) is 9.24. The fourth-order valence-electron chi connectivity index (χ4n) is 3.40. The molecule has 0 bridgehead atoms. The van der Waals surface area contributed by atoms with Crippen LogP contribution in [0.3, 0.4) is 0 Å². The number of nitrogens with zero attached hydrogens (tertiary/aromatic N) is 2. The number of morpholine rings is 1. The molecule has 28 heavy (non-hydrogen) atoms. The molecule has 0 N–H and O–H groups in total. The summed E-state index contributed by atoms with van der Waals surface area (Å²) >= 11 is 1.75. The first-order valence-corrected chi connectivity index (χ1v) is 11.6. The van der Waals surface area contributed by atoms with Gasteiger partial charge in [0.1, 0.15) is 0 Å². The lowest BCUT2D eigenvalue weighted by Crippen LogP contribution is -2.40. The highest BCUT2D eigenvalue weighted by atomic mass is 32.2. The Hall–Kier alpha value is -2.00. The normalized spacial score (nSPS) is 18.4. The maximum Gasteiger partial charge on any atom is 0.246 e. The zero-order valence-electron chi connectivity index (χ0n) is 15.4. The van der Waals surface area contributed by atoms with Gasteiger partial charge in [0.25, 0.3) is 0 Å². The third-order valence-corrected chi connectivity index (χ3v) is 7.96. The molecule has 1 fully saturated rings. The van der Waals surface area contributed by atoms with E-state index >= 15 is 0 Å². The van der Waals surface area contributed by atoms with Gasteiger partial charge in [0.2, 0.25) is 15.9 Å². The van der Waals surface area contributed by atoms with E-state index in [4.69, 9.17) is 4.74 Å². The minimum Gasteiger partial charge on any atom is -0.379 e. The molecular formula is C20H22N2O4S2. The van der Waals surface area contributed by atoms with Crippen LogP contribution in [-0.4, -0.2) is 56.4 Å². The van der Waals surface area contributed by atoms with Gasteiger partial charge in [-0.3, -0.25) is 4.79 Å². The van der Waals surface area contributed by atoms with E-state index in [1.54, 1.807) is 47.8 Å². The predicted molar refractivity (Wildman–Crippen MR) is 108 cm³/mol. The minimum absolute atomic E-state index is 0.0261.